The van der Waals surface area contributed by atoms with Crippen LogP contribution in [0.3, 0.4) is 0 Å². The highest BCUT2D eigenvalue weighted by molar-refractivity contribution is 7.93. The van der Waals surface area contributed by atoms with Crippen molar-refractivity contribution in [2.45, 2.75) is 42.7 Å². The van der Waals surface area contributed by atoms with Crippen LogP contribution >= 0.6 is 0 Å². The van der Waals surface area contributed by atoms with Crippen molar-refractivity contribution in [3.63, 3.8) is 0 Å². The zero-order chi connectivity index (χ0) is 41.2. The Labute approximate surface area is 324 Å². The maximum atomic E-state index is 14.7. The first-order valence-corrected chi connectivity index (χ1v) is 20.1. The number of carbonyl (C=O) groups is 4. The summed E-state index contributed by atoms with van der Waals surface area (Å²) in [6.45, 7) is 1.09. The molecule has 3 aromatic heterocycles. The van der Waals surface area contributed by atoms with E-state index in [-0.39, 0.29) is 65.3 Å². The van der Waals surface area contributed by atoms with Gasteiger partial charge >= 0.3 is 6.03 Å². The number of hydrogen-bond donors (Lipinski definition) is 2. The van der Waals surface area contributed by atoms with Crippen molar-refractivity contribution in [1.29, 1.82) is 0 Å². The third-order valence-corrected chi connectivity index (χ3v) is 11.9. The molecule has 4 aromatic rings. The maximum Gasteiger partial charge on any atom is 0.335 e. The number of aromatic nitrogens is 4. The van der Waals surface area contributed by atoms with Crippen LogP contribution in [0.4, 0.5) is 26.5 Å². The Kier molecular flexibility index (Phi) is 11.2. The van der Waals surface area contributed by atoms with Crippen LogP contribution in [-0.2, 0) is 34.2 Å². The first-order chi connectivity index (χ1) is 27.1. The van der Waals surface area contributed by atoms with Crippen molar-refractivity contribution in [2.75, 3.05) is 48.2 Å². The fourth-order valence-corrected chi connectivity index (χ4v) is 8.77. The number of carbonyl (C=O) groups excluding carboxylic acids is 4. The number of benzene rings is 1. The van der Waals surface area contributed by atoms with Gasteiger partial charge < -0.3 is 14.2 Å². The topological polar surface area (TPSA) is 238 Å². The summed E-state index contributed by atoms with van der Waals surface area (Å²) in [5.41, 5.74) is 1.07. The fraction of sp³-hybridized carbons (Fsp3) is 0.286. The number of ether oxygens (including phenoxy) is 3. The Morgan fingerprint density at radius 2 is 1.61 bits per heavy atom. The summed E-state index contributed by atoms with van der Waals surface area (Å²) in [6.07, 6.45) is 9.33. The molecule has 2 N–H and O–H groups in total. The van der Waals surface area contributed by atoms with E-state index in [1.54, 1.807) is 10.8 Å². The molecular weight excluding hydrogens is 792 g/mol. The van der Waals surface area contributed by atoms with E-state index in [2.05, 4.69) is 26.2 Å². The van der Waals surface area contributed by atoms with E-state index in [9.17, 15) is 40.4 Å². The van der Waals surface area contributed by atoms with Crippen LogP contribution in [0, 0.1) is 18.2 Å². The molecule has 3 aliphatic rings. The minimum Gasteiger partial charge on any atom is -0.481 e. The minimum absolute atomic E-state index is 0.0170. The molecule has 22 heteroatoms. The Hall–Kier alpha value is -6.60. The molecule has 7 rings (SSSR count). The Morgan fingerprint density at radius 1 is 0.965 bits per heavy atom. The SMILES string of the molecule is C#CCN1C(=O)COc2cc(F)c(N3C(=O)C4=C(CCCC4)C3=O)cc21.CCS(=O)(=O)c1nc2ccccn2c1S(=O)(=O)NC(=O)Nc1nc(OC)cc(OC)n1. The first-order valence-electron chi connectivity index (χ1n) is 17.0. The maximum absolute atomic E-state index is 14.7. The van der Waals surface area contributed by atoms with E-state index in [4.69, 9.17) is 20.6 Å². The molecule has 0 spiro atoms. The minimum atomic E-state index is -4.68. The number of sulfonamides is 1. The highest BCUT2D eigenvalue weighted by Crippen LogP contribution is 2.41. The predicted octanol–water partition coefficient (Wildman–Crippen LogP) is 2.37. The van der Waals surface area contributed by atoms with Gasteiger partial charge in [0, 0.05) is 23.4 Å². The number of hydrogen-bond acceptors (Lipinski definition) is 14. The summed E-state index contributed by atoms with van der Waals surface area (Å²) >= 11 is 0. The van der Waals surface area contributed by atoms with Crippen molar-refractivity contribution in [2.24, 2.45) is 0 Å². The van der Waals surface area contributed by atoms with Gasteiger partial charge in [-0.3, -0.25) is 29.0 Å². The van der Waals surface area contributed by atoms with Gasteiger partial charge in [0.2, 0.25) is 17.7 Å². The normalized spacial score (nSPS) is 15.2. The number of imidazole rings is 1. The second-order valence-electron chi connectivity index (χ2n) is 12.2. The molecule has 5 heterocycles. The molecule has 2 aliphatic heterocycles. The number of halogens is 1. The van der Waals surface area contributed by atoms with Crippen LogP contribution in [0.2, 0.25) is 0 Å². The van der Waals surface area contributed by atoms with Crippen LogP contribution in [0.15, 0.2) is 63.8 Å². The molecule has 0 atom stereocenters. The number of nitrogens with one attached hydrogen (secondary N) is 2. The average molecular weight is 825 g/mol. The highest BCUT2D eigenvalue weighted by atomic mass is 32.2. The van der Waals surface area contributed by atoms with E-state index in [1.165, 1.54) is 56.5 Å². The molecule has 57 heavy (non-hydrogen) atoms. The third kappa shape index (κ3) is 7.79. The number of methoxy groups -OCH3 is 2. The molecule has 0 radical (unpaired) electrons. The molecule has 0 saturated heterocycles. The summed E-state index contributed by atoms with van der Waals surface area (Å²) in [5.74, 6) is -0.166. The summed E-state index contributed by atoms with van der Waals surface area (Å²) in [5, 5.41) is 0.783. The second kappa shape index (κ2) is 15.9. The fourth-order valence-electron chi connectivity index (χ4n) is 6.11. The molecule has 0 fully saturated rings. The number of urea groups is 1. The number of amides is 5. The molecule has 1 aromatic carbocycles. The van der Waals surface area contributed by atoms with E-state index in [0.29, 0.717) is 24.0 Å². The lowest BCUT2D eigenvalue weighted by Crippen LogP contribution is -2.39. The van der Waals surface area contributed by atoms with Gasteiger partial charge in [0.25, 0.3) is 27.7 Å². The lowest BCUT2D eigenvalue weighted by Gasteiger charge is -2.29. The van der Waals surface area contributed by atoms with Gasteiger partial charge in [0.1, 0.15) is 11.4 Å². The number of rotatable bonds is 9. The van der Waals surface area contributed by atoms with Gasteiger partial charge in [-0.05, 0) is 43.9 Å². The second-order valence-corrected chi connectivity index (χ2v) is 16.0. The van der Waals surface area contributed by atoms with Crippen LogP contribution in [0.5, 0.6) is 17.5 Å². The lowest BCUT2D eigenvalue weighted by atomic mass is 9.93. The average Bonchev–Trinajstić information content (AvgIpc) is 3.72. The van der Waals surface area contributed by atoms with Gasteiger partial charge in [-0.15, -0.1) is 6.42 Å². The molecule has 0 bridgehead atoms. The van der Waals surface area contributed by atoms with Crippen LogP contribution < -0.4 is 34.0 Å². The van der Waals surface area contributed by atoms with Crippen LogP contribution in [0.1, 0.15) is 32.6 Å². The van der Waals surface area contributed by atoms with E-state index in [0.717, 1.165) is 28.2 Å². The van der Waals surface area contributed by atoms with Crippen LogP contribution in [-0.4, -0.2) is 93.1 Å². The molecule has 0 unspecified atom stereocenters. The first kappa shape index (κ1) is 40.1. The summed E-state index contributed by atoms with van der Waals surface area (Å²) in [4.78, 5) is 63.5. The van der Waals surface area contributed by atoms with Crippen molar-refractivity contribution in [3.8, 4) is 29.9 Å². The van der Waals surface area contributed by atoms with Crippen LogP contribution in [0.25, 0.3) is 5.65 Å². The Bertz CT molecular complexity index is 2590. The van der Waals surface area contributed by atoms with Gasteiger partial charge in [0.15, 0.2) is 32.3 Å². The monoisotopic (exact) mass is 824 g/mol. The van der Waals surface area contributed by atoms with Crippen molar-refractivity contribution >= 4 is 66.6 Å². The zero-order valence-corrected chi connectivity index (χ0v) is 32.1. The molecule has 0 saturated carbocycles. The number of terminal acetylenes is 1. The van der Waals surface area contributed by atoms with Gasteiger partial charge in [-0.25, -0.2) is 32.2 Å². The number of sulfone groups is 1. The molecule has 5 amide bonds. The molecule has 19 nitrogen and oxygen atoms in total. The third-order valence-electron chi connectivity index (χ3n) is 8.79. The largest absolute Gasteiger partial charge is 0.481 e. The van der Waals surface area contributed by atoms with Crippen molar-refractivity contribution < 1.29 is 54.6 Å². The van der Waals surface area contributed by atoms with Gasteiger partial charge in [-0.1, -0.05) is 18.9 Å². The Balaban J connectivity index is 0.000000195. The number of nitrogens with zero attached hydrogens (tertiary/aromatic N) is 6. The van der Waals surface area contributed by atoms with E-state index >= 15 is 0 Å². The number of pyridine rings is 1. The molecule has 1 aliphatic carbocycles. The Morgan fingerprint density at radius 3 is 2.21 bits per heavy atom. The summed E-state index contributed by atoms with van der Waals surface area (Å²) in [7, 11) is -6.04. The van der Waals surface area contributed by atoms with E-state index < -0.39 is 53.6 Å². The molecular formula is C35H33FN8O11S2. The lowest BCUT2D eigenvalue weighted by molar-refractivity contribution is -0.121. The highest BCUT2D eigenvalue weighted by Gasteiger charge is 2.42. The smallest absolute Gasteiger partial charge is 0.335 e. The summed E-state index contributed by atoms with van der Waals surface area (Å²) < 4.78 is 83.4. The van der Waals surface area contributed by atoms with Crippen molar-refractivity contribution in [1.82, 2.24) is 24.1 Å². The molecule has 298 valence electrons. The number of fused-ring (bicyclic) bond motifs is 2. The standard InChI is InChI=1S/C19H15FN2O4.C16H18N6O7S2/c1-2-7-21-15-9-14(13(20)8-16(15)26-10-17(21)23)22-18(24)11-5-3-4-6-12(11)19(22)25;1-4-30(24,25)13-14(22-8-6-5-7-10(22)17-13)31(26,27)21-16(23)20-15-18-11(28-2)9-12(19-15)29-3/h1,8-9H,3-7,10H2;5-9H,4H2,1-3H3,(H2,18,19,20,21,23). The van der Waals surface area contributed by atoms with Gasteiger partial charge in [-0.2, -0.15) is 18.4 Å². The number of imide groups is 1. The summed E-state index contributed by atoms with van der Waals surface area (Å²) in [6, 6.07) is 6.97. The number of anilines is 3. The van der Waals surface area contributed by atoms with Gasteiger partial charge in [0.05, 0.1) is 44.0 Å². The quantitative estimate of drug-likeness (QED) is 0.182. The van der Waals surface area contributed by atoms with Crippen molar-refractivity contribution in [3.05, 3.63) is 59.6 Å². The van der Waals surface area contributed by atoms with E-state index in [1.807, 2.05) is 0 Å². The predicted molar refractivity (Wildman–Crippen MR) is 198 cm³/mol. The zero-order valence-electron chi connectivity index (χ0n) is 30.4.